The third-order valence-corrected chi connectivity index (χ3v) is 6.19. The zero-order chi connectivity index (χ0) is 19.3. The minimum Gasteiger partial charge on any atom is -0.490 e. The highest BCUT2D eigenvalue weighted by Gasteiger charge is 2.22. The zero-order valence-electron chi connectivity index (χ0n) is 16.0. The van der Waals surface area contributed by atoms with Crippen molar-refractivity contribution in [3.63, 3.8) is 0 Å². The maximum absolute atomic E-state index is 9.02. The molecular formula is C23H26ClN3O. The van der Waals surface area contributed by atoms with Gasteiger partial charge in [0.25, 0.3) is 0 Å². The number of benzene rings is 2. The van der Waals surface area contributed by atoms with E-state index >= 15 is 0 Å². The quantitative estimate of drug-likeness (QED) is 0.813. The molecule has 2 saturated heterocycles. The number of nitriles is 1. The molecule has 0 unspecified atom stereocenters. The van der Waals surface area contributed by atoms with Gasteiger partial charge in [0.15, 0.2) is 0 Å². The average Bonchev–Trinajstić information content (AvgIpc) is 2.75. The Morgan fingerprint density at radius 2 is 1.71 bits per heavy atom. The van der Waals surface area contributed by atoms with E-state index in [2.05, 4.69) is 40.6 Å². The van der Waals surface area contributed by atoms with Gasteiger partial charge in [-0.2, -0.15) is 5.26 Å². The lowest BCUT2D eigenvalue weighted by molar-refractivity contribution is 0.171. The summed E-state index contributed by atoms with van der Waals surface area (Å²) in [4.78, 5) is 2.31. The molecule has 2 aliphatic heterocycles. The Kier molecular flexibility index (Phi) is 6.04. The summed E-state index contributed by atoms with van der Waals surface area (Å²) in [7, 11) is 0. The van der Waals surface area contributed by atoms with E-state index in [1.54, 1.807) is 6.07 Å². The molecule has 5 heteroatoms. The van der Waals surface area contributed by atoms with Crippen LogP contribution in [0.2, 0.25) is 5.02 Å². The summed E-state index contributed by atoms with van der Waals surface area (Å²) >= 11 is 6.18. The van der Waals surface area contributed by atoms with Crippen molar-refractivity contribution < 1.29 is 4.74 Å². The van der Waals surface area contributed by atoms with Crippen molar-refractivity contribution >= 4 is 17.3 Å². The van der Waals surface area contributed by atoms with Gasteiger partial charge < -0.3 is 15.0 Å². The molecule has 0 atom stereocenters. The molecule has 0 radical (unpaired) electrons. The lowest BCUT2D eigenvalue weighted by Gasteiger charge is -2.34. The molecule has 28 heavy (non-hydrogen) atoms. The van der Waals surface area contributed by atoms with Crippen molar-refractivity contribution in [2.24, 2.45) is 0 Å². The summed E-state index contributed by atoms with van der Waals surface area (Å²) in [5, 5.41) is 13.0. The second-order valence-corrected chi connectivity index (χ2v) is 8.08. The second-order valence-electron chi connectivity index (χ2n) is 7.67. The SMILES string of the molecule is N#Cc1ccc(N2CCC(Oc3ccc(C4CCNCC4)cc3)CC2)cc1Cl. The molecule has 0 aromatic heterocycles. The number of nitrogens with one attached hydrogen (secondary N) is 1. The minimum atomic E-state index is 0.245. The van der Waals surface area contributed by atoms with Gasteiger partial charge in [-0.1, -0.05) is 23.7 Å². The third-order valence-electron chi connectivity index (χ3n) is 5.87. The fourth-order valence-electron chi connectivity index (χ4n) is 4.19. The first-order chi connectivity index (χ1) is 13.7. The molecule has 2 fully saturated rings. The van der Waals surface area contributed by atoms with Gasteiger partial charge in [0.2, 0.25) is 0 Å². The van der Waals surface area contributed by atoms with Gasteiger partial charge in [0.1, 0.15) is 17.9 Å². The van der Waals surface area contributed by atoms with E-state index in [0.29, 0.717) is 16.5 Å². The summed E-state index contributed by atoms with van der Waals surface area (Å²) in [5.41, 5.74) is 3.03. The Hall–Kier alpha value is -2.22. The van der Waals surface area contributed by atoms with Crippen LogP contribution in [-0.4, -0.2) is 32.3 Å². The smallest absolute Gasteiger partial charge is 0.119 e. The lowest BCUT2D eigenvalue weighted by Crippen LogP contribution is -2.38. The van der Waals surface area contributed by atoms with Crippen molar-refractivity contribution in [2.75, 3.05) is 31.1 Å². The van der Waals surface area contributed by atoms with Crippen LogP contribution in [0.25, 0.3) is 0 Å². The number of piperidine rings is 2. The van der Waals surface area contributed by atoms with E-state index in [0.717, 1.165) is 50.5 Å². The molecule has 0 aliphatic carbocycles. The van der Waals surface area contributed by atoms with E-state index in [4.69, 9.17) is 21.6 Å². The topological polar surface area (TPSA) is 48.3 Å². The standard InChI is InChI=1S/C23H26ClN3O/c24-23-15-20(4-1-19(23)16-25)27-13-9-22(10-14-27)28-21-5-2-17(3-6-21)18-7-11-26-12-8-18/h1-6,15,18,22,26H,7-14H2. The number of hydrogen-bond donors (Lipinski definition) is 1. The molecule has 4 rings (SSSR count). The largest absolute Gasteiger partial charge is 0.490 e. The Balaban J connectivity index is 1.30. The highest BCUT2D eigenvalue weighted by Crippen LogP contribution is 2.29. The normalized spacial score (nSPS) is 18.6. The van der Waals surface area contributed by atoms with E-state index in [1.165, 1.54) is 18.4 Å². The van der Waals surface area contributed by atoms with Crippen molar-refractivity contribution in [1.29, 1.82) is 5.26 Å². The first-order valence-electron chi connectivity index (χ1n) is 10.1. The Bertz CT molecular complexity index is 832. The fraction of sp³-hybridized carbons (Fsp3) is 0.435. The summed E-state index contributed by atoms with van der Waals surface area (Å²) < 4.78 is 6.23. The van der Waals surface area contributed by atoms with Crippen molar-refractivity contribution in [3.05, 3.63) is 58.6 Å². The molecule has 0 saturated carbocycles. The van der Waals surface area contributed by atoms with E-state index in [9.17, 15) is 0 Å². The number of anilines is 1. The molecule has 0 amide bonds. The lowest BCUT2D eigenvalue weighted by atomic mass is 9.90. The predicted molar refractivity (Wildman–Crippen MR) is 113 cm³/mol. The number of rotatable bonds is 4. The maximum atomic E-state index is 9.02. The van der Waals surface area contributed by atoms with Gasteiger partial charge in [-0.25, -0.2) is 0 Å². The summed E-state index contributed by atoms with van der Waals surface area (Å²) in [6.07, 6.45) is 4.65. The molecule has 1 N–H and O–H groups in total. The van der Waals surface area contributed by atoms with Crippen LogP contribution in [0.3, 0.4) is 0 Å². The maximum Gasteiger partial charge on any atom is 0.119 e. The Labute approximate surface area is 172 Å². The van der Waals surface area contributed by atoms with Crippen LogP contribution >= 0.6 is 11.6 Å². The minimum absolute atomic E-state index is 0.245. The Morgan fingerprint density at radius 1 is 1.00 bits per heavy atom. The molecule has 4 nitrogen and oxygen atoms in total. The molecule has 146 valence electrons. The van der Waals surface area contributed by atoms with Gasteiger partial charge in [-0.3, -0.25) is 0 Å². The predicted octanol–water partition coefficient (Wildman–Crippen LogP) is 4.73. The van der Waals surface area contributed by atoms with Gasteiger partial charge in [-0.05, 0) is 67.7 Å². The van der Waals surface area contributed by atoms with Crippen LogP contribution in [0.1, 0.15) is 42.7 Å². The molecule has 0 spiro atoms. The zero-order valence-corrected chi connectivity index (χ0v) is 16.8. The number of halogens is 1. The summed E-state index contributed by atoms with van der Waals surface area (Å²) in [6, 6.07) is 16.5. The van der Waals surface area contributed by atoms with Gasteiger partial charge in [-0.15, -0.1) is 0 Å². The summed E-state index contributed by atoms with van der Waals surface area (Å²) in [5.74, 6) is 1.65. The molecule has 2 aromatic rings. The van der Waals surface area contributed by atoms with Crippen LogP contribution in [0.5, 0.6) is 5.75 Å². The van der Waals surface area contributed by atoms with Crippen LogP contribution in [-0.2, 0) is 0 Å². The van der Waals surface area contributed by atoms with Crippen LogP contribution < -0.4 is 15.0 Å². The van der Waals surface area contributed by atoms with Crippen LogP contribution in [0, 0.1) is 11.3 Å². The fourth-order valence-corrected chi connectivity index (χ4v) is 4.41. The van der Waals surface area contributed by atoms with Crippen molar-refractivity contribution in [3.8, 4) is 11.8 Å². The van der Waals surface area contributed by atoms with E-state index < -0.39 is 0 Å². The van der Waals surface area contributed by atoms with Crippen molar-refractivity contribution in [1.82, 2.24) is 5.32 Å². The number of ether oxygens (including phenoxy) is 1. The van der Waals surface area contributed by atoms with Crippen LogP contribution in [0.15, 0.2) is 42.5 Å². The number of nitrogens with zero attached hydrogens (tertiary/aromatic N) is 2. The van der Waals surface area contributed by atoms with Crippen molar-refractivity contribution in [2.45, 2.75) is 37.7 Å². The first kappa shape index (κ1) is 19.1. The third kappa shape index (κ3) is 4.43. The number of hydrogen-bond acceptors (Lipinski definition) is 4. The van der Waals surface area contributed by atoms with Crippen LogP contribution in [0.4, 0.5) is 5.69 Å². The molecule has 2 heterocycles. The van der Waals surface area contributed by atoms with Gasteiger partial charge >= 0.3 is 0 Å². The Morgan fingerprint density at radius 3 is 2.36 bits per heavy atom. The average molecular weight is 396 g/mol. The second kappa shape index (κ2) is 8.86. The van der Waals surface area contributed by atoms with E-state index in [-0.39, 0.29) is 6.10 Å². The molecular weight excluding hydrogens is 370 g/mol. The van der Waals surface area contributed by atoms with Gasteiger partial charge in [0.05, 0.1) is 10.6 Å². The van der Waals surface area contributed by atoms with E-state index in [1.807, 2.05) is 12.1 Å². The highest BCUT2D eigenvalue weighted by molar-refractivity contribution is 6.32. The monoisotopic (exact) mass is 395 g/mol. The summed E-state index contributed by atoms with van der Waals surface area (Å²) in [6.45, 7) is 4.10. The highest BCUT2D eigenvalue weighted by atomic mass is 35.5. The molecule has 0 bridgehead atoms. The molecule has 2 aliphatic rings. The molecule has 2 aromatic carbocycles. The van der Waals surface area contributed by atoms with Gasteiger partial charge in [0, 0.05) is 31.6 Å². The first-order valence-corrected chi connectivity index (χ1v) is 10.5.